The van der Waals surface area contributed by atoms with Crippen LogP contribution in [0.3, 0.4) is 0 Å². The molecule has 3 rings (SSSR count). The van der Waals surface area contributed by atoms with Crippen molar-refractivity contribution < 1.29 is 9.53 Å². The molecule has 7 nitrogen and oxygen atoms in total. The summed E-state index contributed by atoms with van der Waals surface area (Å²) in [6.07, 6.45) is 3.08. The Balaban J connectivity index is 0.00000261. The third kappa shape index (κ3) is 6.19. The molecule has 0 radical (unpaired) electrons. The number of carbonyl (C=O) groups is 1. The summed E-state index contributed by atoms with van der Waals surface area (Å²) in [6.45, 7) is 11.9. The molecule has 0 aromatic rings. The van der Waals surface area contributed by atoms with Gasteiger partial charge in [-0.05, 0) is 18.8 Å². The summed E-state index contributed by atoms with van der Waals surface area (Å²) in [5, 5.41) is 6.53. The Bertz CT molecular complexity index is 530. The molecule has 3 aliphatic heterocycles. The van der Waals surface area contributed by atoms with Crippen molar-refractivity contribution in [3.63, 3.8) is 0 Å². The minimum Gasteiger partial charge on any atom is -0.374 e. The molecular formula is C19H36IN5O2. The van der Waals surface area contributed by atoms with Crippen molar-refractivity contribution in [2.24, 2.45) is 16.3 Å². The van der Waals surface area contributed by atoms with Crippen molar-refractivity contribution in [2.45, 2.75) is 39.2 Å². The quantitative estimate of drug-likeness (QED) is 0.350. The molecule has 1 amide bonds. The normalized spacial score (nSPS) is 29.8. The van der Waals surface area contributed by atoms with E-state index in [1.165, 1.54) is 0 Å². The van der Waals surface area contributed by atoms with E-state index in [0.717, 1.165) is 71.2 Å². The van der Waals surface area contributed by atoms with E-state index >= 15 is 0 Å². The molecule has 0 saturated carbocycles. The highest BCUT2D eigenvalue weighted by Gasteiger charge is 2.42. The van der Waals surface area contributed by atoms with Gasteiger partial charge in [0, 0.05) is 64.7 Å². The molecule has 3 aliphatic rings. The molecule has 2 unspecified atom stereocenters. The summed E-state index contributed by atoms with van der Waals surface area (Å²) in [5.74, 6) is 1.81. The van der Waals surface area contributed by atoms with Gasteiger partial charge >= 0.3 is 0 Å². The van der Waals surface area contributed by atoms with Gasteiger partial charge in [0.1, 0.15) is 0 Å². The Kier molecular flexibility index (Phi) is 8.61. The maximum Gasteiger partial charge on any atom is 0.220 e. The standard InChI is InChI=1S/C19H35N5O2.HI/c1-15(2)11-23-7-8-26-16(12-23)10-21-18(20-3)24-6-4-5-19(14-24)9-17(25)22-13-19;/h15-16H,4-14H2,1-3H3,(H,20,21)(H,22,25);1H. The topological polar surface area (TPSA) is 69.2 Å². The van der Waals surface area contributed by atoms with Gasteiger partial charge in [-0.3, -0.25) is 14.7 Å². The highest BCUT2D eigenvalue weighted by molar-refractivity contribution is 14.0. The fourth-order valence-corrected chi connectivity index (χ4v) is 4.55. The molecule has 3 heterocycles. The third-order valence-electron chi connectivity index (χ3n) is 5.70. The first-order chi connectivity index (χ1) is 12.5. The number of piperidine rings is 1. The fraction of sp³-hybridized carbons (Fsp3) is 0.895. The van der Waals surface area contributed by atoms with Gasteiger partial charge in [-0.15, -0.1) is 24.0 Å². The summed E-state index contributed by atoms with van der Waals surface area (Å²) in [6, 6.07) is 0. The van der Waals surface area contributed by atoms with Gasteiger partial charge in [-0.1, -0.05) is 13.8 Å². The first kappa shape index (κ1) is 22.7. The lowest BCUT2D eigenvalue weighted by molar-refractivity contribution is -0.119. The van der Waals surface area contributed by atoms with Crippen LogP contribution in [-0.2, 0) is 9.53 Å². The second-order valence-electron chi connectivity index (χ2n) is 8.55. The van der Waals surface area contributed by atoms with Crippen molar-refractivity contribution in [1.29, 1.82) is 0 Å². The van der Waals surface area contributed by atoms with Crippen molar-refractivity contribution in [3.8, 4) is 0 Å². The number of aliphatic imine (C=N–C) groups is 1. The van der Waals surface area contributed by atoms with Gasteiger partial charge in [0.2, 0.25) is 5.91 Å². The summed E-state index contributed by atoms with van der Waals surface area (Å²) in [5.41, 5.74) is 0.0857. The smallest absolute Gasteiger partial charge is 0.220 e. The average Bonchev–Trinajstić information content (AvgIpc) is 2.95. The minimum absolute atomic E-state index is 0. The SMILES string of the molecule is CN=C(NCC1CN(CC(C)C)CCO1)N1CCCC2(CNC(=O)C2)C1.I. The zero-order chi connectivity index (χ0) is 18.6. The van der Waals surface area contributed by atoms with Gasteiger partial charge in [-0.2, -0.15) is 0 Å². The lowest BCUT2D eigenvalue weighted by Gasteiger charge is -2.41. The number of nitrogens with zero attached hydrogens (tertiary/aromatic N) is 3. The Labute approximate surface area is 180 Å². The van der Waals surface area contributed by atoms with E-state index in [2.05, 4.69) is 39.3 Å². The van der Waals surface area contributed by atoms with Crippen LogP contribution in [0.15, 0.2) is 4.99 Å². The van der Waals surface area contributed by atoms with Crippen LogP contribution >= 0.6 is 24.0 Å². The summed E-state index contributed by atoms with van der Waals surface area (Å²) in [4.78, 5) is 21.0. The van der Waals surface area contributed by atoms with Crippen molar-refractivity contribution in [3.05, 3.63) is 0 Å². The van der Waals surface area contributed by atoms with E-state index in [4.69, 9.17) is 4.74 Å². The minimum atomic E-state index is 0. The molecule has 27 heavy (non-hydrogen) atoms. The number of likely N-dealkylation sites (tertiary alicyclic amines) is 1. The average molecular weight is 493 g/mol. The van der Waals surface area contributed by atoms with E-state index in [1.807, 2.05) is 7.05 Å². The Morgan fingerprint density at radius 1 is 1.44 bits per heavy atom. The Morgan fingerprint density at radius 3 is 2.93 bits per heavy atom. The highest BCUT2D eigenvalue weighted by Crippen LogP contribution is 2.35. The van der Waals surface area contributed by atoms with Crippen molar-refractivity contribution >= 4 is 35.8 Å². The number of hydrogen-bond acceptors (Lipinski definition) is 4. The van der Waals surface area contributed by atoms with Crippen LogP contribution in [0.25, 0.3) is 0 Å². The number of hydrogen-bond donors (Lipinski definition) is 2. The van der Waals surface area contributed by atoms with Crippen LogP contribution in [0, 0.1) is 11.3 Å². The number of guanidine groups is 1. The van der Waals surface area contributed by atoms with Crippen LogP contribution in [0.5, 0.6) is 0 Å². The first-order valence-electron chi connectivity index (χ1n) is 10.1. The first-order valence-corrected chi connectivity index (χ1v) is 10.1. The fourth-order valence-electron chi connectivity index (χ4n) is 4.55. The molecule has 2 N–H and O–H groups in total. The van der Waals surface area contributed by atoms with E-state index in [0.29, 0.717) is 12.3 Å². The molecule has 0 aliphatic carbocycles. The van der Waals surface area contributed by atoms with Gasteiger partial charge in [0.15, 0.2) is 5.96 Å². The van der Waals surface area contributed by atoms with E-state index < -0.39 is 0 Å². The second kappa shape index (κ2) is 10.2. The number of nitrogens with one attached hydrogen (secondary N) is 2. The molecule has 8 heteroatoms. The maximum absolute atomic E-state index is 11.7. The van der Waals surface area contributed by atoms with Crippen LogP contribution < -0.4 is 10.6 Å². The predicted molar refractivity (Wildman–Crippen MR) is 119 cm³/mol. The number of ether oxygens (including phenoxy) is 1. The third-order valence-corrected chi connectivity index (χ3v) is 5.70. The molecule has 0 aromatic carbocycles. The summed E-state index contributed by atoms with van der Waals surface area (Å²) < 4.78 is 5.95. The zero-order valence-electron chi connectivity index (χ0n) is 17.0. The number of amides is 1. The summed E-state index contributed by atoms with van der Waals surface area (Å²) >= 11 is 0. The van der Waals surface area contributed by atoms with E-state index in [-0.39, 0.29) is 41.4 Å². The molecule has 0 bridgehead atoms. The Morgan fingerprint density at radius 2 is 2.26 bits per heavy atom. The highest BCUT2D eigenvalue weighted by atomic mass is 127. The molecule has 156 valence electrons. The second-order valence-corrected chi connectivity index (χ2v) is 8.55. The lowest BCUT2D eigenvalue weighted by Crippen LogP contribution is -2.54. The van der Waals surface area contributed by atoms with Gasteiger partial charge < -0.3 is 20.3 Å². The largest absolute Gasteiger partial charge is 0.374 e. The van der Waals surface area contributed by atoms with Crippen LogP contribution in [0.2, 0.25) is 0 Å². The molecular weight excluding hydrogens is 457 g/mol. The molecule has 0 aromatic heterocycles. The molecule has 3 fully saturated rings. The van der Waals surface area contributed by atoms with Crippen molar-refractivity contribution in [2.75, 3.05) is 59.5 Å². The Hall–Kier alpha value is -0.610. The van der Waals surface area contributed by atoms with Crippen LogP contribution in [0.1, 0.15) is 33.1 Å². The van der Waals surface area contributed by atoms with Gasteiger partial charge in [0.05, 0.1) is 12.7 Å². The molecule has 1 spiro atoms. The summed E-state index contributed by atoms with van der Waals surface area (Å²) in [7, 11) is 1.84. The predicted octanol–water partition coefficient (Wildman–Crippen LogP) is 1.14. The van der Waals surface area contributed by atoms with Gasteiger partial charge in [-0.25, -0.2) is 0 Å². The van der Waals surface area contributed by atoms with Crippen molar-refractivity contribution in [1.82, 2.24) is 20.4 Å². The lowest BCUT2D eigenvalue weighted by atomic mass is 9.79. The number of carbonyl (C=O) groups excluding carboxylic acids is 1. The van der Waals surface area contributed by atoms with Gasteiger partial charge in [0.25, 0.3) is 0 Å². The van der Waals surface area contributed by atoms with E-state index in [9.17, 15) is 4.79 Å². The molecule has 3 saturated heterocycles. The number of morpholine rings is 1. The maximum atomic E-state index is 11.7. The number of rotatable bonds is 4. The van der Waals surface area contributed by atoms with E-state index in [1.54, 1.807) is 0 Å². The van der Waals surface area contributed by atoms with Crippen LogP contribution in [0.4, 0.5) is 0 Å². The zero-order valence-corrected chi connectivity index (χ0v) is 19.3. The molecule has 2 atom stereocenters. The monoisotopic (exact) mass is 493 g/mol. The number of halogens is 1. The van der Waals surface area contributed by atoms with Crippen LogP contribution in [-0.4, -0.2) is 87.2 Å².